The molecular weight excluding hydrogens is 236 g/mol. The van der Waals surface area contributed by atoms with Crippen LogP contribution in [-0.2, 0) is 11.3 Å². The quantitative estimate of drug-likeness (QED) is 0.805. The van der Waals surface area contributed by atoms with Gasteiger partial charge in [0.2, 0.25) is 0 Å². The summed E-state index contributed by atoms with van der Waals surface area (Å²) >= 11 is 4.98. The molecule has 0 saturated heterocycles. The van der Waals surface area contributed by atoms with Crippen LogP contribution in [-0.4, -0.2) is 27.1 Å². The molecule has 6 heteroatoms. The van der Waals surface area contributed by atoms with Crippen molar-refractivity contribution in [2.24, 2.45) is 11.7 Å². The molecule has 0 radical (unpaired) electrons. The number of thiocarbonyl (C=S) groups is 1. The highest BCUT2D eigenvalue weighted by Crippen LogP contribution is 2.36. The van der Waals surface area contributed by atoms with Crippen LogP contribution in [0.5, 0.6) is 0 Å². The van der Waals surface area contributed by atoms with E-state index in [1.165, 1.54) is 19.3 Å². The van der Waals surface area contributed by atoms with E-state index in [4.69, 9.17) is 22.7 Å². The van der Waals surface area contributed by atoms with Gasteiger partial charge in [-0.05, 0) is 25.7 Å². The van der Waals surface area contributed by atoms with Crippen molar-refractivity contribution in [3.63, 3.8) is 0 Å². The van der Waals surface area contributed by atoms with Crippen LogP contribution in [0.25, 0.3) is 0 Å². The van der Waals surface area contributed by atoms with Crippen molar-refractivity contribution in [3.05, 3.63) is 11.4 Å². The maximum Gasteiger partial charge on any atom is 0.145 e. The Labute approximate surface area is 106 Å². The van der Waals surface area contributed by atoms with Crippen LogP contribution in [0.1, 0.15) is 43.6 Å². The Kier molecular flexibility index (Phi) is 3.73. The minimum atomic E-state index is 0.282. The second kappa shape index (κ2) is 5.10. The third kappa shape index (κ3) is 2.32. The topological polar surface area (TPSA) is 66.0 Å². The maximum absolute atomic E-state index is 5.64. The number of hydrogen-bond donors (Lipinski definition) is 1. The zero-order valence-corrected chi connectivity index (χ0v) is 11.0. The molecule has 1 aliphatic rings. The second-order valence-corrected chi connectivity index (χ2v) is 5.00. The molecule has 1 atom stereocenters. The molecule has 1 saturated carbocycles. The van der Waals surface area contributed by atoms with Crippen molar-refractivity contribution >= 4 is 17.2 Å². The molecule has 2 N–H and O–H groups in total. The lowest BCUT2D eigenvalue weighted by molar-refractivity contribution is 0.159. The van der Waals surface area contributed by atoms with Crippen LogP contribution in [0.15, 0.2) is 0 Å². The second-order valence-electron chi connectivity index (χ2n) is 4.56. The summed E-state index contributed by atoms with van der Waals surface area (Å²) in [5, 5.41) is 8.24. The summed E-state index contributed by atoms with van der Waals surface area (Å²) in [5.74, 6) is 0.687. The van der Waals surface area contributed by atoms with E-state index in [9.17, 15) is 0 Å². The Bertz CT molecular complexity index is 414. The van der Waals surface area contributed by atoms with E-state index in [0.29, 0.717) is 24.3 Å². The molecule has 1 aliphatic carbocycles. The summed E-state index contributed by atoms with van der Waals surface area (Å²) in [6, 6.07) is 0.337. The van der Waals surface area contributed by atoms with Gasteiger partial charge in [-0.2, -0.15) is 0 Å². The normalized spacial score (nSPS) is 17.8. The monoisotopic (exact) mass is 254 g/mol. The fraction of sp³-hybridized carbons (Fsp3) is 0.727. The Morgan fingerprint density at radius 2 is 2.35 bits per heavy atom. The molecule has 1 unspecified atom stereocenters. The Hall–Kier alpha value is -1.01. The van der Waals surface area contributed by atoms with Gasteiger partial charge in [-0.1, -0.05) is 23.9 Å². The lowest BCUT2D eigenvalue weighted by Gasteiger charge is -2.31. The van der Waals surface area contributed by atoms with Crippen LogP contribution < -0.4 is 5.73 Å². The molecule has 1 aromatic heterocycles. The molecule has 1 aromatic rings. The zero-order chi connectivity index (χ0) is 12.4. The number of ether oxygens (including phenoxy) is 1. The minimum absolute atomic E-state index is 0.282. The fourth-order valence-corrected chi connectivity index (χ4v) is 2.38. The van der Waals surface area contributed by atoms with Crippen LogP contribution in [0.4, 0.5) is 0 Å². The Morgan fingerprint density at radius 1 is 1.65 bits per heavy atom. The smallest absolute Gasteiger partial charge is 0.145 e. The molecule has 17 heavy (non-hydrogen) atoms. The van der Waals surface area contributed by atoms with Crippen LogP contribution in [0.3, 0.4) is 0 Å². The van der Waals surface area contributed by atoms with Crippen molar-refractivity contribution < 1.29 is 4.74 Å². The van der Waals surface area contributed by atoms with E-state index in [2.05, 4.69) is 17.2 Å². The van der Waals surface area contributed by atoms with Crippen LogP contribution >= 0.6 is 12.2 Å². The van der Waals surface area contributed by atoms with E-state index in [-0.39, 0.29) is 4.99 Å². The summed E-state index contributed by atoms with van der Waals surface area (Å²) in [6.45, 7) is 2.61. The largest absolute Gasteiger partial charge is 0.388 e. The first-order valence-corrected chi connectivity index (χ1v) is 6.28. The van der Waals surface area contributed by atoms with Crippen molar-refractivity contribution in [3.8, 4) is 0 Å². The summed E-state index contributed by atoms with van der Waals surface area (Å²) in [5.41, 5.74) is 7.12. The highest BCUT2D eigenvalue weighted by molar-refractivity contribution is 7.80. The van der Waals surface area contributed by atoms with Gasteiger partial charge in [0.05, 0.1) is 18.3 Å². The molecule has 0 aliphatic heterocycles. The van der Waals surface area contributed by atoms with E-state index < -0.39 is 0 Å². The summed E-state index contributed by atoms with van der Waals surface area (Å²) in [7, 11) is 1.65. The van der Waals surface area contributed by atoms with E-state index in [1.807, 2.05) is 4.68 Å². The number of nitrogens with zero attached hydrogens (tertiary/aromatic N) is 3. The van der Waals surface area contributed by atoms with Gasteiger partial charge < -0.3 is 10.5 Å². The fourth-order valence-electron chi connectivity index (χ4n) is 2.22. The van der Waals surface area contributed by atoms with Gasteiger partial charge in [0.25, 0.3) is 0 Å². The summed E-state index contributed by atoms with van der Waals surface area (Å²) in [4.78, 5) is 0.282. The van der Waals surface area contributed by atoms with Gasteiger partial charge in [0.15, 0.2) is 0 Å². The molecule has 5 nitrogen and oxygen atoms in total. The van der Waals surface area contributed by atoms with Crippen molar-refractivity contribution in [1.82, 2.24) is 15.0 Å². The lowest BCUT2D eigenvalue weighted by Crippen LogP contribution is -2.25. The highest BCUT2D eigenvalue weighted by atomic mass is 32.1. The number of aromatic nitrogens is 3. The van der Waals surface area contributed by atoms with E-state index >= 15 is 0 Å². The van der Waals surface area contributed by atoms with E-state index in [1.54, 1.807) is 7.11 Å². The molecule has 1 heterocycles. The first-order chi connectivity index (χ1) is 8.15. The van der Waals surface area contributed by atoms with Crippen LogP contribution in [0.2, 0.25) is 0 Å². The molecule has 0 aromatic carbocycles. The molecular formula is C11H18N4OS. The van der Waals surface area contributed by atoms with Gasteiger partial charge >= 0.3 is 0 Å². The SMILES string of the molecule is COCc1c(C(N)=S)nnn1C(C)C1CCC1. The number of hydrogen-bond acceptors (Lipinski definition) is 4. The van der Waals surface area contributed by atoms with Crippen molar-refractivity contribution in [1.29, 1.82) is 0 Å². The van der Waals surface area contributed by atoms with Crippen LogP contribution in [0, 0.1) is 5.92 Å². The molecule has 2 rings (SSSR count). The average molecular weight is 254 g/mol. The number of nitrogens with two attached hydrogens (primary N) is 1. The van der Waals surface area contributed by atoms with Crippen molar-refractivity contribution in [2.75, 3.05) is 7.11 Å². The third-order valence-electron chi connectivity index (χ3n) is 3.52. The predicted octanol–water partition coefficient (Wildman–Crippen LogP) is 1.42. The van der Waals surface area contributed by atoms with Crippen molar-refractivity contribution in [2.45, 2.75) is 38.8 Å². The van der Waals surface area contributed by atoms with E-state index in [0.717, 1.165) is 5.69 Å². The molecule has 94 valence electrons. The average Bonchev–Trinajstić information content (AvgIpc) is 2.59. The maximum atomic E-state index is 5.64. The highest BCUT2D eigenvalue weighted by Gasteiger charge is 2.28. The number of rotatable bonds is 5. The van der Waals surface area contributed by atoms with Gasteiger partial charge in [-0.25, -0.2) is 4.68 Å². The summed E-state index contributed by atoms with van der Waals surface area (Å²) in [6.07, 6.45) is 3.83. The van der Waals surface area contributed by atoms with Gasteiger partial charge in [0, 0.05) is 7.11 Å². The number of methoxy groups -OCH3 is 1. The predicted molar refractivity (Wildman–Crippen MR) is 68.7 cm³/mol. The molecule has 0 amide bonds. The standard InChI is InChI=1S/C11H18N4OS/c1-7(8-4-3-5-8)15-9(6-16-2)10(11(12)17)13-14-15/h7-8H,3-6H2,1-2H3,(H2,12,17). The molecule has 0 spiro atoms. The lowest BCUT2D eigenvalue weighted by atomic mass is 9.80. The minimum Gasteiger partial charge on any atom is -0.388 e. The Balaban J connectivity index is 2.28. The molecule has 1 fully saturated rings. The first kappa shape index (κ1) is 12.4. The summed E-state index contributed by atoms with van der Waals surface area (Å²) < 4.78 is 7.10. The molecule has 0 bridgehead atoms. The Morgan fingerprint density at radius 3 is 2.82 bits per heavy atom. The van der Waals surface area contributed by atoms with Gasteiger partial charge in [-0.15, -0.1) is 5.10 Å². The third-order valence-corrected chi connectivity index (χ3v) is 3.72. The zero-order valence-electron chi connectivity index (χ0n) is 10.2. The first-order valence-electron chi connectivity index (χ1n) is 5.88. The van der Waals surface area contributed by atoms with Gasteiger partial charge in [-0.3, -0.25) is 0 Å². The van der Waals surface area contributed by atoms with Gasteiger partial charge in [0.1, 0.15) is 10.7 Å².